The van der Waals surface area contributed by atoms with Crippen LogP contribution in [-0.4, -0.2) is 42.4 Å². The molecule has 0 radical (unpaired) electrons. The summed E-state index contributed by atoms with van der Waals surface area (Å²) in [5, 5.41) is 22.4. The van der Waals surface area contributed by atoms with E-state index in [4.69, 9.17) is 4.42 Å². The van der Waals surface area contributed by atoms with Crippen molar-refractivity contribution in [3.05, 3.63) is 29.5 Å². The maximum Gasteiger partial charge on any atom is 0.416 e. The molecule has 0 saturated heterocycles. The molecule has 2 heterocycles. The van der Waals surface area contributed by atoms with Gasteiger partial charge in [-0.05, 0) is 49.8 Å². The van der Waals surface area contributed by atoms with Crippen LogP contribution < -0.4 is 10.2 Å². The van der Waals surface area contributed by atoms with Gasteiger partial charge in [0.05, 0.1) is 17.8 Å². The number of furan rings is 1. The number of halogens is 5. The van der Waals surface area contributed by atoms with E-state index in [2.05, 4.69) is 5.32 Å². The fraction of sp³-hybridized carbons (Fsp3) is 0.619. The first-order valence-corrected chi connectivity index (χ1v) is 10.4. The minimum Gasteiger partial charge on any atom is -0.455 e. The SMILES string of the molecule is OCC1CCC(C(F)(F)CN2CCNC(O)c3oc4ccc(C(F)(F)F)cc4c32)CC1. The number of nitrogens with one attached hydrogen (secondary N) is 1. The zero-order chi connectivity index (χ0) is 22.4. The highest BCUT2D eigenvalue weighted by Crippen LogP contribution is 2.44. The van der Waals surface area contributed by atoms with E-state index < -0.39 is 36.4 Å². The van der Waals surface area contributed by atoms with E-state index in [9.17, 15) is 23.4 Å². The zero-order valence-corrected chi connectivity index (χ0v) is 16.8. The largest absolute Gasteiger partial charge is 0.455 e. The number of rotatable bonds is 4. The number of aliphatic hydroxyl groups is 2. The molecule has 10 heteroatoms. The van der Waals surface area contributed by atoms with Crippen LogP contribution in [-0.2, 0) is 6.18 Å². The van der Waals surface area contributed by atoms with Gasteiger partial charge in [0.15, 0.2) is 12.0 Å². The van der Waals surface area contributed by atoms with Crippen molar-refractivity contribution in [3.63, 3.8) is 0 Å². The lowest BCUT2D eigenvalue weighted by molar-refractivity contribution is -0.137. The van der Waals surface area contributed by atoms with Gasteiger partial charge in [-0.1, -0.05) is 0 Å². The topological polar surface area (TPSA) is 68.9 Å². The van der Waals surface area contributed by atoms with Gasteiger partial charge in [-0.3, -0.25) is 5.32 Å². The zero-order valence-electron chi connectivity index (χ0n) is 16.8. The molecule has 1 unspecified atom stereocenters. The molecule has 172 valence electrons. The minimum atomic E-state index is -4.60. The van der Waals surface area contributed by atoms with Gasteiger partial charge in [-0.25, -0.2) is 8.78 Å². The average Bonchev–Trinajstić information content (AvgIpc) is 3.04. The summed E-state index contributed by atoms with van der Waals surface area (Å²) in [4.78, 5) is 1.32. The van der Waals surface area contributed by atoms with Crippen molar-refractivity contribution in [3.8, 4) is 0 Å². The minimum absolute atomic E-state index is 0.0140. The van der Waals surface area contributed by atoms with Crippen molar-refractivity contribution >= 4 is 16.7 Å². The Morgan fingerprint density at radius 2 is 1.81 bits per heavy atom. The standard InChI is InChI=1S/C21H25F5N2O3/c22-20(23,13-3-1-12(10-29)2-4-13)11-28-8-7-27-19(30)18-17(28)15-9-14(21(24,25)26)5-6-16(15)31-18/h5-6,9,12-13,19,27,29-30H,1-4,7-8,10-11H2. The van der Waals surface area contributed by atoms with Crippen molar-refractivity contribution < 1.29 is 36.6 Å². The van der Waals surface area contributed by atoms with Crippen LogP contribution in [0.15, 0.2) is 22.6 Å². The number of benzene rings is 1. The molecule has 31 heavy (non-hydrogen) atoms. The first-order valence-electron chi connectivity index (χ1n) is 10.4. The van der Waals surface area contributed by atoms with Gasteiger partial charge in [0.2, 0.25) is 0 Å². The Hall–Kier alpha value is -1.91. The molecule has 1 saturated carbocycles. The molecule has 2 aliphatic rings. The van der Waals surface area contributed by atoms with Gasteiger partial charge < -0.3 is 19.5 Å². The molecular weight excluding hydrogens is 423 g/mol. The second-order valence-electron chi connectivity index (χ2n) is 8.46. The Bertz CT molecular complexity index is 922. The normalized spacial score (nSPS) is 25.5. The number of hydrogen-bond donors (Lipinski definition) is 3. The van der Waals surface area contributed by atoms with Gasteiger partial charge in [-0.2, -0.15) is 13.2 Å². The van der Waals surface area contributed by atoms with Gasteiger partial charge in [0.25, 0.3) is 5.92 Å². The van der Waals surface area contributed by atoms with E-state index in [1.54, 1.807) is 0 Å². The average molecular weight is 448 g/mol. The lowest BCUT2D eigenvalue weighted by Gasteiger charge is -2.36. The smallest absolute Gasteiger partial charge is 0.416 e. The second-order valence-corrected chi connectivity index (χ2v) is 8.46. The highest BCUT2D eigenvalue weighted by Gasteiger charge is 2.44. The molecule has 4 rings (SSSR count). The van der Waals surface area contributed by atoms with Crippen LogP contribution in [0.1, 0.15) is 43.2 Å². The number of hydrogen-bond acceptors (Lipinski definition) is 5. The molecule has 0 amide bonds. The molecule has 1 aromatic carbocycles. The van der Waals surface area contributed by atoms with Crippen LogP contribution in [0.2, 0.25) is 0 Å². The predicted octanol–water partition coefficient (Wildman–Crippen LogP) is 4.29. The van der Waals surface area contributed by atoms with E-state index >= 15 is 8.78 Å². The molecule has 3 N–H and O–H groups in total. The Balaban J connectivity index is 1.68. The molecular formula is C21H25F5N2O3. The number of aliphatic hydroxyl groups excluding tert-OH is 2. The summed E-state index contributed by atoms with van der Waals surface area (Å²) in [5.41, 5.74) is -0.746. The Kier molecular flexibility index (Phi) is 5.91. The van der Waals surface area contributed by atoms with Crippen LogP contribution in [0.25, 0.3) is 11.0 Å². The summed E-state index contributed by atoms with van der Waals surface area (Å²) < 4.78 is 75.7. The van der Waals surface area contributed by atoms with Crippen molar-refractivity contribution in [2.45, 2.75) is 44.0 Å². The molecule has 1 fully saturated rings. The maximum absolute atomic E-state index is 15.2. The molecule has 0 spiro atoms. The van der Waals surface area contributed by atoms with Gasteiger partial charge in [0, 0.05) is 31.0 Å². The monoisotopic (exact) mass is 448 g/mol. The van der Waals surface area contributed by atoms with Gasteiger partial charge in [0.1, 0.15) is 5.58 Å². The quantitative estimate of drug-likeness (QED) is 0.609. The fourth-order valence-electron chi connectivity index (χ4n) is 4.64. The molecule has 1 atom stereocenters. The van der Waals surface area contributed by atoms with Gasteiger partial charge >= 0.3 is 6.18 Å². The third kappa shape index (κ3) is 4.38. The van der Waals surface area contributed by atoms with Crippen molar-refractivity contribution in [1.82, 2.24) is 5.32 Å². The summed E-state index contributed by atoms with van der Waals surface area (Å²) in [7, 11) is 0. The molecule has 1 aromatic heterocycles. The van der Waals surface area contributed by atoms with Gasteiger partial charge in [-0.15, -0.1) is 0 Å². The lowest BCUT2D eigenvalue weighted by atomic mass is 9.79. The number of anilines is 1. The highest BCUT2D eigenvalue weighted by atomic mass is 19.4. The number of fused-ring (bicyclic) bond motifs is 3. The van der Waals surface area contributed by atoms with E-state index in [0.717, 1.165) is 18.2 Å². The van der Waals surface area contributed by atoms with E-state index in [0.29, 0.717) is 12.8 Å². The van der Waals surface area contributed by atoms with E-state index in [-0.39, 0.29) is 60.9 Å². The fourth-order valence-corrected chi connectivity index (χ4v) is 4.64. The third-order valence-electron chi connectivity index (χ3n) is 6.40. The van der Waals surface area contributed by atoms with Crippen LogP contribution in [0.5, 0.6) is 0 Å². The highest BCUT2D eigenvalue weighted by molar-refractivity contribution is 5.94. The van der Waals surface area contributed by atoms with Crippen molar-refractivity contribution in [2.24, 2.45) is 11.8 Å². The maximum atomic E-state index is 15.2. The first kappa shape index (κ1) is 22.3. The van der Waals surface area contributed by atoms with E-state index in [1.807, 2.05) is 0 Å². The Labute approximate surface area is 175 Å². The van der Waals surface area contributed by atoms with E-state index in [1.165, 1.54) is 4.90 Å². The molecule has 0 bridgehead atoms. The van der Waals surface area contributed by atoms with Crippen LogP contribution in [0, 0.1) is 11.8 Å². The molecule has 1 aliphatic carbocycles. The van der Waals surface area contributed by atoms with Crippen LogP contribution in [0.3, 0.4) is 0 Å². The summed E-state index contributed by atoms with van der Waals surface area (Å²) in [6, 6.07) is 2.89. The molecule has 2 aromatic rings. The summed E-state index contributed by atoms with van der Waals surface area (Å²) in [6.45, 7) is -0.455. The van der Waals surface area contributed by atoms with Crippen molar-refractivity contribution in [2.75, 3.05) is 31.1 Å². The lowest BCUT2D eigenvalue weighted by Crippen LogP contribution is -2.44. The van der Waals surface area contributed by atoms with Crippen LogP contribution in [0.4, 0.5) is 27.6 Å². The molecule has 1 aliphatic heterocycles. The van der Waals surface area contributed by atoms with Crippen LogP contribution >= 0.6 is 0 Å². The van der Waals surface area contributed by atoms with Crippen molar-refractivity contribution in [1.29, 1.82) is 0 Å². The predicted molar refractivity (Wildman–Crippen MR) is 104 cm³/mol. The first-order chi connectivity index (χ1) is 14.6. The number of nitrogens with zero attached hydrogens (tertiary/aromatic N) is 1. The second kappa shape index (κ2) is 8.22. The summed E-state index contributed by atoms with van der Waals surface area (Å²) in [5.74, 6) is -3.98. The summed E-state index contributed by atoms with van der Waals surface area (Å²) >= 11 is 0. The summed E-state index contributed by atoms with van der Waals surface area (Å²) in [6.07, 6.45) is -4.30. The molecule has 5 nitrogen and oxygen atoms in total. The Morgan fingerprint density at radius 1 is 1.10 bits per heavy atom. The Morgan fingerprint density at radius 3 is 2.45 bits per heavy atom. The number of alkyl halides is 5. The third-order valence-corrected chi connectivity index (χ3v) is 6.40.